The largest absolute Gasteiger partial charge is 0.352 e. The molecule has 1 N–H and O–H groups in total. The zero-order valence-electron chi connectivity index (χ0n) is 12.2. The molecule has 1 atom stereocenters. The maximum atomic E-state index is 12.1. The molecule has 0 aliphatic carbocycles. The maximum Gasteiger partial charge on any atom is 0.251 e. The molecular formula is C16H23IN2O. The van der Waals surface area contributed by atoms with Crippen LogP contribution in [0.3, 0.4) is 0 Å². The number of nitrogens with zero attached hydrogens (tertiary/aromatic N) is 1. The van der Waals surface area contributed by atoms with Gasteiger partial charge >= 0.3 is 0 Å². The van der Waals surface area contributed by atoms with E-state index in [2.05, 4.69) is 46.7 Å². The van der Waals surface area contributed by atoms with Crippen LogP contribution < -0.4 is 5.32 Å². The first-order valence-corrected chi connectivity index (χ1v) is 8.42. The quantitative estimate of drug-likeness (QED) is 0.807. The zero-order chi connectivity index (χ0) is 14.5. The van der Waals surface area contributed by atoms with Gasteiger partial charge in [-0.25, -0.2) is 0 Å². The van der Waals surface area contributed by atoms with Crippen molar-refractivity contribution >= 4 is 28.5 Å². The lowest BCUT2D eigenvalue weighted by molar-refractivity contribution is 0.0922. The van der Waals surface area contributed by atoms with Gasteiger partial charge in [0.15, 0.2) is 0 Å². The van der Waals surface area contributed by atoms with Crippen molar-refractivity contribution in [3.8, 4) is 0 Å². The summed E-state index contributed by atoms with van der Waals surface area (Å²) in [5.74, 6) is 0.627. The minimum atomic E-state index is 0.0445. The Labute approximate surface area is 135 Å². The summed E-state index contributed by atoms with van der Waals surface area (Å²) < 4.78 is 1.15. The second-order valence-electron chi connectivity index (χ2n) is 5.81. The lowest BCUT2D eigenvalue weighted by Crippen LogP contribution is -2.43. The van der Waals surface area contributed by atoms with E-state index in [4.69, 9.17) is 0 Å². The Balaban J connectivity index is 1.82. The van der Waals surface area contributed by atoms with Crippen LogP contribution in [0.5, 0.6) is 0 Å². The normalized spacial score (nSPS) is 20.1. The molecule has 20 heavy (non-hydrogen) atoms. The molecule has 2 rings (SSSR count). The number of carbonyl (C=O) groups excluding carboxylic acids is 1. The smallest absolute Gasteiger partial charge is 0.251 e. The lowest BCUT2D eigenvalue weighted by Gasteiger charge is -2.35. The highest BCUT2D eigenvalue weighted by Gasteiger charge is 2.22. The molecule has 0 bridgehead atoms. The van der Waals surface area contributed by atoms with Crippen molar-refractivity contribution in [3.05, 3.63) is 33.4 Å². The summed E-state index contributed by atoms with van der Waals surface area (Å²) in [6.45, 7) is 7.57. The van der Waals surface area contributed by atoms with E-state index in [0.717, 1.165) is 22.2 Å². The number of hydrogen-bond acceptors (Lipinski definition) is 2. The van der Waals surface area contributed by atoms with E-state index in [0.29, 0.717) is 12.0 Å². The van der Waals surface area contributed by atoms with Gasteiger partial charge in [-0.05, 0) is 86.0 Å². The standard InChI is InChI=1S/C16H23IN2O/c1-12(2)19-9-3-4-13(11-19)10-18-16(20)14-5-7-15(17)8-6-14/h5-8,12-13H,3-4,9-11H2,1-2H3,(H,18,20). The van der Waals surface area contributed by atoms with Gasteiger partial charge in [-0.1, -0.05) is 0 Å². The van der Waals surface area contributed by atoms with Crippen molar-refractivity contribution in [2.75, 3.05) is 19.6 Å². The third-order valence-corrected chi connectivity index (χ3v) is 4.66. The highest BCUT2D eigenvalue weighted by molar-refractivity contribution is 14.1. The third-order valence-electron chi connectivity index (χ3n) is 3.94. The first-order chi connectivity index (χ1) is 9.56. The lowest BCUT2D eigenvalue weighted by atomic mass is 9.97. The third kappa shape index (κ3) is 4.45. The van der Waals surface area contributed by atoms with Crippen LogP contribution in [0.15, 0.2) is 24.3 Å². The number of nitrogens with one attached hydrogen (secondary N) is 1. The summed E-state index contributed by atoms with van der Waals surface area (Å²) in [5.41, 5.74) is 0.752. The van der Waals surface area contributed by atoms with Crippen LogP contribution in [0.25, 0.3) is 0 Å². The fourth-order valence-electron chi connectivity index (χ4n) is 2.67. The molecule has 0 radical (unpaired) electrons. The van der Waals surface area contributed by atoms with Gasteiger partial charge in [0, 0.05) is 28.3 Å². The number of amides is 1. The van der Waals surface area contributed by atoms with Crippen LogP contribution in [0.2, 0.25) is 0 Å². The zero-order valence-corrected chi connectivity index (χ0v) is 14.4. The van der Waals surface area contributed by atoms with E-state index in [1.807, 2.05) is 24.3 Å². The molecule has 3 nitrogen and oxygen atoms in total. The average Bonchev–Trinajstić information content (AvgIpc) is 2.46. The first kappa shape index (κ1) is 15.8. The van der Waals surface area contributed by atoms with Crippen LogP contribution >= 0.6 is 22.6 Å². The van der Waals surface area contributed by atoms with Gasteiger partial charge in [0.2, 0.25) is 0 Å². The molecule has 1 aromatic rings. The van der Waals surface area contributed by atoms with Crippen molar-refractivity contribution in [1.82, 2.24) is 10.2 Å². The van der Waals surface area contributed by atoms with Crippen LogP contribution in [0, 0.1) is 9.49 Å². The van der Waals surface area contributed by atoms with Crippen molar-refractivity contribution in [1.29, 1.82) is 0 Å². The van der Waals surface area contributed by atoms with Gasteiger partial charge in [0.1, 0.15) is 0 Å². The Bertz CT molecular complexity index is 444. The second kappa shape index (κ2) is 7.41. The average molecular weight is 386 g/mol. The Morgan fingerprint density at radius 2 is 2.10 bits per heavy atom. The minimum Gasteiger partial charge on any atom is -0.352 e. The Morgan fingerprint density at radius 1 is 1.40 bits per heavy atom. The molecule has 0 spiro atoms. The highest BCUT2D eigenvalue weighted by Crippen LogP contribution is 2.17. The number of carbonyl (C=O) groups is 1. The van der Waals surface area contributed by atoms with Crippen molar-refractivity contribution in [2.45, 2.75) is 32.7 Å². The summed E-state index contributed by atoms with van der Waals surface area (Å²) in [6.07, 6.45) is 2.46. The molecule has 1 amide bonds. The molecule has 4 heteroatoms. The van der Waals surface area contributed by atoms with Gasteiger partial charge < -0.3 is 10.2 Å². The highest BCUT2D eigenvalue weighted by atomic mass is 127. The number of hydrogen-bond donors (Lipinski definition) is 1. The molecule has 1 heterocycles. The molecule has 110 valence electrons. The number of rotatable bonds is 4. The minimum absolute atomic E-state index is 0.0445. The van der Waals surface area contributed by atoms with Crippen LogP contribution in [0.1, 0.15) is 37.0 Å². The van der Waals surface area contributed by atoms with E-state index in [-0.39, 0.29) is 5.91 Å². The predicted molar refractivity (Wildman–Crippen MR) is 90.9 cm³/mol. The van der Waals surface area contributed by atoms with E-state index in [1.165, 1.54) is 19.4 Å². The SMILES string of the molecule is CC(C)N1CCCC(CNC(=O)c2ccc(I)cc2)C1. The van der Waals surface area contributed by atoms with E-state index >= 15 is 0 Å². The van der Waals surface area contributed by atoms with Gasteiger partial charge in [-0.15, -0.1) is 0 Å². The molecule has 1 aromatic carbocycles. The molecule has 1 saturated heterocycles. The van der Waals surface area contributed by atoms with E-state index in [1.54, 1.807) is 0 Å². The number of halogens is 1. The van der Waals surface area contributed by atoms with Crippen molar-refractivity contribution in [3.63, 3.8) is 0 Å². The topological polar surface area (TPSA) is 32.3 Å². The van der Waals surface area contributed by atoms with E-state index < -0.39 is 0 Å². The summed E-state index contributed by atoms with van der Waals surface area (Å²) >= 11 is 2.25. The molecule has 1 fully saturated rings. The van der Waals surface area contributed by atoms with Gasteiger partial charge in [-0.3, -0.25) is 4.79 Å². The molecule has 1 unspecified atom stereocenters. The number of piperidine rings is 1. The van der Waals surface area contributed by atoms with Crippen molar-refractivity contribution in [2.24, 2.45) is 5.92 Å². The fraction of sp³-hybridized carbons (Fsp3) is 0.562. The fourth-order valence-corrected chi connectivity index (χ4v) is 3.03. The molecule has 1 aliphatic rings. The van der Waals surface area contributed by atoms with Crippen LogP contribution in [-0.2, 0) is 0 Å². The Morgan fingerprint density at radius 3 is 2.75 bits per heavy atom. The van der Waals surface area contributed by atoms with Crippen LogP contribution in [0.4, 0.5) is 0 Å². The summed E-state index contributed by atoms with van der Waals surface area (Å²) in [6, 6.07) is 8.31. The molecule has 0 aromatic heterocycles. The van der Waals surface area contributed by atoms with Crippen molar-refractivity contribution < 1.29 is 4.79 Å². The number of likely N-dealkylation sites (tertiary alicyclic amines) is 1. The Hall–Kier alpha value is -0.620. The number of benzene rings is 1. The van der Waals surface area contributed by atoms with Gasteiger partial charge in [-0.2, -0.15) is 0 Å². The summed E-state index contributed by atoms with van der Waals surface area (Å²) in [4.78, 5) is 14.6. The molecule has 0 saturated carbocycles. The first-order valence-electron chi connectivity index (χ1n) is 7.34. The van der Waals surface area contributed by atoms with E-state index in [9.17, 15) is 4.79 Å². The van der Waals surface area contributed by atoms with Gasteiger partial charge in [0.25, 0.3) is 5.91 Å². The summed E-state index contributed by atoms with van der Waals surface area (Å²) in [5, 5.41) is 3.08. The monoisotopic (exact) mass is 386 g/mol. The summed E-state index contributed by atoms with van der Waals surface area (Å²) in [7, 11) is 0. The molecular weight excluding hydrogens is 363 g/mol. The van der Waals surface area contributed by atoms with Crippen LogP contribution in [-0.4, -0.2) is 36.5 Å². The maximum absolute atomic E-state index is 12.1. The van der Waals surface area contributed by atoms with Gasteiger partial charge in [0.05, 0.1) is 0 Å². The predicted octanol–water partition coefficient (Wildman–Crippen LogP) is 3.14. The Kier molecular flexibility index (Phi) is 5.84. The second-order valence-corrected chi connectivity index (χ2v) is 7.06. The molecule has 1 aliphatic heterocycles.